The topological polar surface area (TPSA) is 155 Å². The van der Waals surface area contributed by atoms with Gasteiger partial charge in [0.25, 0.3) is 5.69 Å². The predicted octanol–water partition coefficient (Wildman–Crippen LogP) is 4.89. The fourth-order valence-electron chi connectivity index (χ4n) is 5.82. The molecule has 0 radical (unpaired) electrons. The maximum absolute atomic E-state index is 14.7. The average Bonchev–Trinajstić information content (AvgIpc) is 3.52. The van der Waals surface area contributed by atoms with Crippen molar-refractivity contribution in [1.29, 1.82) is 0 Å². The molecule has 1 aliphatic carbocycles. The Balaban J connectivity index is 1.85. The van der Waals surface area contributed by atoms with Gasteiger partial charge in [-0.25, -0.2) is 4.79 Å². The van der Waals surface area contributed by atoms with Crippen LogP contribution in [0.1, 0.15) is 48.1 Å². The molecule has 5 rings (SSSR count). The highest BCUT2D eigenvalue weighted by molar-refractivity contribution is 7.10. The second kappa shape index (κ2) is 12.2. The first-order valence-corrected chi connectivity index (χ1v) is 14.7. The van der Waals surface area contributed by atoms with Crippen molar-refractivity contribution >= 4 is 40.4 Å². The molecule has 2 aromatic heterocycles. The summed E-state index contributed by atoms with van der Waals surface area (Å²) in [5, 5.41) is 13.7. The van der Waals surface area contributed by atoms with Gasteiger partial charge in [-0.2, -0.15) is 0 Å². The number of nitrogens with two attached hydrogens (primary N) is 1. The predicted molar refractivity (Wildman–Crippen MR) is 159 cm³/mol. The van der Waals surface area contributed by atoms with Gasteiger partial charge in [0.1, 0.15) is 11.7 Å². The number of allylic oxidation sites excluding steroid dienone is 2. The van der Waals surface area contributed by atoms with Crippen molar-refractivity contribution in [1.82, 2.24) is 4.98 Å². The lowest BCUT2D eigenvalue weighted by Crippen LogP contribution is -2.46. The second-order valence-electron chi connectivity index (χ2n) is 10.1. The number of esters is 2. The van der Waals surface area contributed by atoms with Crippen molar-refractivity contribution in [2.24, 2.45) is 11.7 Å². The SMILES string of the molecule is CCOC(=O)C1=C(N)N(c2cc([N+](=O)[O-])ccc2C)C2=C(C(=O)[C@H](C(=O)OCC)[C@@H](c3cccs3)C2)[C@@H]1c1cccnc1. The number of thiophene rings is 1. The summed E-state index contributed by atoms with van der Waals surface area (Å²) < 4.78 is 10.8. The number of ketones is 1. The van der Waals surface area contributed by atoms with Crippen molar-refractivity contribution in [3.63, 3.8) is 0 Å². The van der Waals surface area contributed by atoms with Gasteiger partial charge in [-0.3, -0.25) is 29.6 Å². The van der Waals surface area contributed by atoms with Crippen LogP contribution in [-0.4, -0.2) is 40.8 Å². The maximum Gasteiger partial charge on any atom is 0.338 e. The molecule has 222 valence electrons. The number of carbonyl (C=O) groups excluding carboxylic acids is 3. The van der Waals surface area contributed by atoms with E-state index in [4.69, 9.17) is 15.2 Å². The van der Waals surface area contributed by atoms with E-state index in [1.165, 1.54) is 34.6 Å². The minimum atomic E-state index is -1.19. The molecule has 1 aromatic carbocycles. The molecule has 0 saturated heterocycles. The number of hydrogen-bond donors (Lipinski definition) is 1. The third-order valence-corrected chi connectivity index (χ3v) is 8.65. The Hall–Kier alpha value is -4.84. The van der Waals surface area contributed by atoms with Gasteiger partial charge < -0.3 is 15.2 Å². The first kappa shape index (κ1) is 29.6. The minimum Gasteiger partial charge on any atom is -0.465 e. The molecule has 2 aliphatic rings. The highest BCUT2D eigenvalue weighted by atomic mass is 32.1. The van der Waals surface area contributed by atoms with Crippen LogP contribution in [0.4, 0.5) is 11.4 Å². The van der Waals surface area contributed by atoms with Crippen molar-refractivity contribution in [2.45, 2.75) is 39.0 Å². The number of anilines is 1. The highest BCUT2D eigenvalue weighted by Gasteiger charge is 2.52. The number of hydrogen-bond acceptors (Lipinski definition) is 11. The number of Topliss-reactive ketones (excluding diaryl/α,β-unsaturated/α-hetero) is 1. The van der Waals surface area contributed by atoms with Crippen LogP contribution >= 0.6 is 11.3 Å². The zero-order valence-corrected chi connectivity index (χ0v) is 24.6. The zero-order chi connectivity index (χ0) is 30.8. The van der Waals surface area contributed by atoms with Crippen molar-refractivity contribution < 1.29 is 28.8 Å². The Morgan fingerprint density at radius 1 is 1.16 bits per heavy atom. The average molecular weight is 603 g/mol. The van der Waals surface area contributed by atoms with Crippen molar-refractivity contribution in [3.05, 3.63) is 109 Å². The molecule has 0 bridgehead atoms. The Bertz CT molecular complexity index is 1650. The van der Waals surface area contributed by atoms with Gasteiger partial charge in [-0.1, -0.05) is 18.2 Å². The molecule has 0 unspecified atom stereocenters. The first-order valence-electron chi connectivity index (χ1n) is 13.8. The van der Waals surface area contributed by atoms with Crippen molar-refractivity contribution in [3.8, 4) is 0 Å². The van der Waals surface area contributed by atoms with Gasteiger partial charge in [0.15, 0.2) is 5.78 Å². The van der Waals surface area contributed by atoms with Crippen LogP contribution in [0.5, 0.6) is 0 Å². The molecule has 3 aromatic rings. The maximum atomic E-state index is 14.7. The number of pyridine rings is 1. The van der Waals surface area contributed by atoms with E-state index in [1.807, 2.05) is 17.5 Å². The van der Waals surface area contributed by atoms with Crippen LogP contribution in [0.3, 0.4) is 0 Å². The van der Waals surface area contributed by atoms with Gasteiger partial charge in [0, 0.05) is 46.6 Å². The molecular weight excluding hydrogens is 572 g/mol. The van der Waals surface area contributed by atoms with E-state index >= 15 is 0 Å². The molecule has 12 heteroatoms. The van der Waals surface area contributed by atoms with E-state index in [2.05, 4.69) is 4.98 Å². The van der Waals surface area contributed by atoms with Crippen LogP contribution in [0, 0.1) is 23.0 Å². The van der Waals surface area contributed by atoms with E-state index in [1.54, 1.807) is 45.2 Å². The number of rotatable bonds is 8. The summed E-state index contributed by atoms with van der Waals surface area (Å²) in [4.78, 5) is 59.6. The summed E-state index contributed by atoms with van der Waals surface area (Å²) in [6, 6.07) is 11.4. The number of aryl methyl sites for hydroxylation is 1. The van der Waals surface area contributed by atoms with E-state index < -0.39 is 40.4 Å². The van der Waals surface area contributed by atoms with Gasteiger partial charge in [-0.05, 0) is 55.8 Å². The molecule has 3 atom stereocenters. The molecule has 1 aliphatic heterocycles. The normalized spacial score (nSPS) is 20.1. The second-order valence-corrected chi connectivity index (χ2v) is 11.1. The fraction of sp³-hybridized carbons (Fsp3) is 0.290. The Morgan fingerprint density at radius 3 is 2.56 bits per heavy atom. The number of nitrogens with zero attached hydrogens (tertiary/aromatic N) is 3. The van der Waals surface area contributed by atoms with Crippen LogP contribution in [0.15, 0.2) is 82.9 Å². The summed E-state index contributed by atoms with van der Waals surface area (Å²) in [6.45, 7) is 5.20. The van der Waals surface area contributed by atoms with E-state index in [0.717, 1.165) is 4.88 Å². The van der Waals surface area contributed by atoms with E-state index in [9.17, 15) is 24.5 Å². The first-order chi connectivity index (χ1) is 20.7. The molecule has 11 nitrogen and oxygen atoms in total. The number of nitro benzene ring substituents is 1. The van der Waals surface area contributed by atoms with E-state index in [-0.39, 0.29) is 42.3 Å². The number of aromatic nitrogens is 1. The monoisotopic (exact) mass is 602 g/mol. The third-order valence-electron chi connectivity index (χ3n) is 7.65. The van der Waals surface area contributed by atoms with Gasteiger partial charge >= 0.3 is 11.9 Å². The number of carbonyl (C=O) groups is 3. The third kappa shape index (κ3) is 5.29. The Kier molecular flexibility index (Phi) is 8.40. The van der Waals surface area contributed by atoms with Crippen LogP contribution in [0.25, 0.3) is 0 Å². The Morgan fingerprint density at radius 2 is 1.93 bits per heavy atom. The van der Waals surface area contributed by atoms with Crippen LogP contribution in [0.2, 0.25) is 0 Å². The summed E-state index contributed by atoms with van der Waals surface area (Å²) in [5.74, 6) is -4.76. The molecule has 2 N–H and O–H groups in total. The quantitative estimate of drug-likeness (QED) is 0.163. The largest absolute Gasteiger partial charge is 0.465 e. The fourth-order valence-corrected chi connectivity index (χ4v) is 6.68. The van der Waals surface area contributed by atoms with Crippen molar-refractivity contribution in [2.75, 3.05) is 18.1 Å². The van der Waals surface area contributed by atoms with Gasteiger partial charge in [0.2, 0.25) is 0 Å². The lowest BCUT2D eigenvalue weighted by Gasteiger charge is -2.44. The summed E-state index contributed by atoms with van der Waals surface area (Å²) in [5.41, 5.74) is 8.69. The smallest absolute Gasteiger partial charge is 0.338 e. The zero-order valence-electron chi connectivity index (χ0n) is 23.8. The lowest BCUT2D eigenvalue weighted by molar-refractivity contribution is -0.384. The summed E-state index contributed by atoms with van der Waals surface area (Å²) >= 11 is 1.41. The van der Waals surface area contributed by atoms with Gasteiger partial charge in [0.05, 0.1) is 35.3 Å². The lowest BCUT2D eigenvalue weighted by atomic mass is 9.68. The summed E-state index contributed by atoms with van der Waals surface area (Å²) in [7, 11) is 0. The van der Waals surface area contributed by atoms with Gasteiger partial charge in [-0.15, -0.1) is 11.3 Å². The Labute approximate surface area is 251 Å². The van der Waals surface area contributed by atoms with Crippen LogP contribution < -0.4 is 10.6 Å². The molecule has 0 amide bonds. The molecule has 0 spiro atoms. The molecule has 0 fully saturated rings. The number of non-ortho nitro benzene ring substituents is 1. The number of benzene rings is 1. The molecule has 43 heavy (non-hydrogen) atoms. The minimum absolute atomic E-state index is 0.0231. The summed E-state index contributed by atoms with van der Waals surface area (Å²) in [6.07, 6.45) is 3.27. The van der Waals surface area contributed by atoms with E-state index in [0.29, 0.717) is 22.5 Å². The highest BCUT2D eigenvalue weighted by Crippen LogP contribution is 2.52. The molecular formula is C31H30N4O7S. The number of ether oxygens (including phenoxy) is 2. The standard InChI is InChI=1S/C31H30N4O7S/c1-4-41-30(37)25-20(23-9-7-13-43-23)15-22-26(28(25)36)24(18-8-6-12-33-16-18)27(31(38)42-5-2)29(32)34(22)21-14-19(35(39)40)11-10-17(21)3/h6-14,16,20,24-25H,4-5,15,32H2,1-3H3/t20-,24+,25-/m1/s1. The molecule has 0 saturated carbocycles. The number of nitro groups is 1. The molecule has 3 heterocycles. The van der Waals surface area contributed by atoms with Crippen LogP contribution in [-0.2, 0) is 23.9 Å².